The number of aromatic amines is 1. The first-order chi connectivity index (χ1) is 32.5. The van der Waals surface area contributed by atoms with Gasteiger partial charge in [-0.1, -0.05) is 43.2 Å². The first-order valence-corrected chi connectivity index (χ1v) is 26.3. The zero-order chi connectivity index (χ0) is 48.2. The molecule has 0 radical (unpaired) electrons. The number of ether oxygens (including phenoxy) is 1. The van der Waals surface area contributed by atoms with Gasteiger partial charge < -0.3 is 24.8 Å². The van der Waals surface area contributed by atoms with E-state index in [2.05, 4.69) is 65.0 Å². The molecule has 17 nitrogen and oxygen atoms in total. The number of piperazine rings is 1. The van der Waals surface area contributed by atoms with Crippen LogP contribution in [0, 0.1) is 27.0 Å². The zero-order valence-corrected chi connectivity index (χ0v) is 40.6. The van der Waals surface area contributed by atoms with Crippen LogP contribution in [0.4, 0.5) is 17.1 Å². The van der Waals surface area contributed by atoms with Gasteiger partial charge in [0.2, 0.25) is 6.19 Å². The molecule has 0 bridgehead atoms. The van der Waals surface area contributed by atoms with Gasteiger partial charge in [-0.05, 0) is 97.7 Å². The SMILES string of the molecule is C[C@@H](CCN1CCS(=O)(=NC#N)CC1)Nc1ccc(S(=O)(=O)NC(=O)c2ccc(N3CCN(CC4=C(c5ccc(Cl)cc5)CC(C)(C)CC4)CC3)cc2Oc2cnc3[nH]ccc3c2)cc1[N+](=O)[O-]. The van der Waals surface area contributed by atoms with E-state index in [9.17, 15) is 27.5 Å². The summed E-state index contributed by atoms with van der Waals surface area (Å²) in [5.74, 6) is 0.0438. The van der Waals surface area contributed by atoms with Crippen molar-refractivity contribution in [2.75, 3.05) is 74.1 Å². The number of fused-ring (bicyclic) bond motifs is 1. The molecule has 0 unspecified atom stereocenters. The molecule has 2 aliphatic heterocycles. The molecule has 4 heterocycles. The number of carbonyl (C=O) groups excluding carboxylic acids is 1. The van der Waals surface area contributed by atoms with Gasteiger partial charge in [0.05, 0.1) is 31.3 Å². The lowest BCUT2D eigenvalue weighted by atomic mass is 9.72. The summed E-state index contributed by atoms with van der Waals surface area (Å²) in [6.07, 6.45) is 8.64. The molecule has 1 aliphatic carbocycles. The van der Waals surface area contributed by atoms with Crippen LogP contribution in [-0.4, -0.2) is 113 Å². The number of sulfonamides is 1. The number of amides is 1. The maximum atomic E-state index is 14.0. The van der Waals surface area contributed by atoms with E-state index in [1.54, 1.807) is 30.6 Å². The number of halogens is 1. The predicted molar refractivity (Wildman–Crippen MR) is 265 cm³/mol. The van der Waals surface area contributed by atoms with E-state index in [0.29, 0.717) is 62.0 Å². The van der Waals surface area contributed by atoms with Crippen LogP contribution in [0.5, 0.6) is 11.5 Å². The number of nitrogens with one attached hydrogen (secondary N) is 3. The number of hydrogen-bond donors (Lipinski definition) is 3. The number of aromatic nitrogens is 2. The summed E-state index contributed by atoms with van der Waals surface area (Å²) in [6.45, 7) is 12.0. The molecule has 1 amide bonds. The van der Waals surface area contributed by atoms with Gasteiger partial charge in [0, 0.05) is 104 Å². The summed E-state index contributed by atoms with van der Waals surface area (Å²) in [4.78, 5) is 39.4. The number of nitriles is 1. The van der Waals surface area contributed by atoms with E-state index in [4.69, 9.17) is 21.6 Å². The molecule has 0 spiro atoms. The Morgan fingerprint density at radius 2 is 1.79 bits per heavy atom. The number of pyridine rings is 1. The molecule has 68 heavy (non-hydrogen) atoms. The third-order valence-corrected chi connectivity index (χ3v) is 16.6. The lowest BCUT2D eigenvalue weighted by Gasteiger charge is -2.39. The fraction of sp³-hybridized carbons (Fsp3) is 0.396. The van der Waals surface area contributed by atoms with Crippen LogP contribution in [0.2, 0.25) is 5.02 Å². The maximum absolute atomic E-state index is 14.0. The van der Waals surface area contributed by atoms with Gasteiger partial charge >= 0.3 is 0 Å². The second-order valence-corrected chi connectivity index (χ2v) is 23.1. The maximum Gasteiger partial charge on any atom is 0.293 e. The molecular weight excluding hydrogens is 928 g/mol. The summed E-state index contributed by atoms with van der Waals surface area (Å²) in [5, 5.41) is 25.7. The van der Waals surface area contributed by atoms with Gasteiger partial charge in [0.1, 0.15) is 22.8 Å². The highest BCUT2D eigenvalue weighted by atomic mass is 35.5. The van der Waals surface area contributed by atoms with Gasteiger partial charge in [-0.15, -0.1) is 4.36 Å². The molecule has 5 aromatic rings. The van der Waals surface area contributed by atoms with E-state index in [-0.39, 0.29) is 28.5 Å². The third-order valence-electron chi connectivity index (χ3n) is 13.0. The minimum absolute atomic E-state index is 0.0656. The molecule has 3 aliphatic rings. The summed E-state index contributed by atoms with van der Waals surface area (Å²) < 4.78 is 52.2. The largest absolute Gasteiger partial charge is 0.455 e. The van der Waals surface area contributed by atoms with Crippen LogP contribution in [0.15, 0.2) is 100 Å². The third kappa shape index (κ3) is 11.6. The van der Waals surface area contributed by atoms with Gasteiger partial charge in [-0.2, -0.15) is 5.26 Å². The second kappa shape index (κ2) is 20.3. The summed E-state index contributed by atoms with van der Waals surface area (Å²) in [7, 11) is -7.14. The standard InChI is InChI=1S/C48H55ClN10O7S2/c1-33(14-17-56-22-24-67(63,25-23-56)53-32-50)54-43-11-9-40(28-44(43)59(61)62)68(64,65)55-47(60)41-10-8-38(27-45(41)66-39-26-35-13-16-51-46(35)52-30-39)58-20-18-57(19-21-58)31-36-12-15-48(2,3)29-42(36)34-4-6-37(49)7-5-34/h4-11,13,16,26-28,30,33,54H,12,14-15,17-25,29,31H2,1-3H3,(H,51,52)(H,55,60)/t33-/m0/s1. The Bertz CT molecular complexity index is 3010. The van der Waals surface area contributed by atoms with Crippen molar-refractivity contribution in [3.8, 4) is 17.7 Å². The molecule has 1 atom stereocenters. The Kier molecular flexibility index (Phi) is 14.4. The minimum atomic E-state index is -4.63. The minimum Gasteiger partial charge on any atom is -0.455 e. The Morgan fingerprint density at radius 3 is 2.51 bits per heavy atom. The van der Waals surface area contributed by atoms with Crippen molar-refractivity contribution in [2.45, 2.75) is 57.4 Å². The Balaban J connectivity index is 0.966. The Hall–Kier alpha value is -6.04. The van der Waals surface area contributed by atoms with Crippen LogP contribution in [-0.2, 0) is 19.8 Å². The lowest BCUT2D eigenvalue weighted by molar-refractivity contribution is -0.384. The molecule has 0 saturated carbocycles. The summed E-state index contributed by atoms with van der Waals surface area (Å²) in [6, 6.07) is 19.9. The summed E-state index contributed by atoms with van der Waals surface area (Å²) >= 11 is 6.25. The van der Waals surface area contributed by atoms with Crippen molar-refractivity contribution >= 4 is 70.9 Å². The van der Waals surface area contributed by atoms with Crippen molar-refractivity contribution in [1.82, 2.24) is 24.5 Å². The number of nitrogens with zero attached hydrogens (tertiary/aromatic N) is 7. The fourth-order valence-corrected chi connectivity index (χ4v) is 11.8. The monoisotopic (exact) mass is 982 g/mol. The van der Waals surface area contributed by atoms with E-state index in [1.807, 2.05) is 25.1 Å². The number of H-pyrrole nitrogens is 1. The Morgan fingerprint density at radius 1 is 1.04 bits per heavy atom. The van der Waals surface area contributed by atoms with Crippen LogP contribution in [0.3, 0.4) is 0 Å². The number of hydrogen-bond acceptors (Lipinski definition) is 14. The van der Waals surface area contributed by atoms with E-state index in [0.717, 1.165) is 61.1 Å². The fourth-order valence-electron chi connectivity index (χ4n) is 9.03. The molecule has 3 N–H and O–H groups in total. The highest BCUT2D eigenvalue weighted by Gasteiger charge is 2.31. The number of allylic oxidation sites excluding steroid dienone is 1. The number of anilines is 2. The van der Waals surface area contributed by atoms with Gasteiger partial charge in [-0.25, -0.2) is 22.3 Å². The van der Waals surface area contributed by atoms with E-state index in [1.165, 1.54) is 41.1 Å². The lowest BCUT2D eigenvalue weighted by Crippen LogP contribution is -2.47. The number of carbonyl (C=O) groups is 1. The molecule has 20 heteroatoms. The Labute approximate surface area is 401 Å². The van der Waals surface area contributed by atoms with Crippen molar-refractivity contribution in [1.29, 1.82) is 5.26 Å². The van der Waals surface area contributed by atoms with Crippen LogP contribution in [0.25, 0.3) is 16.6 Å². The van der Waals surface area contributed by atoms with Crippen LogP contribution >= 0.6 is 11.6 Å². The normalized spacial score (nSPS) is 18.1. The molecule has 2 saturated heterocycles. The van der Waals surface area contributed by atoms with Gasteiger partial charge in [0.25, 0.3) is 21.6 Å². The highest BCUT2D eigenvalue weighted by Crippen LogP contribution is 2.43. The van der Waals surface area contributed by atoms with Crippen molar-refractivity contribution < 1.29 is 27.1 Å². The van der Waals surface area contributed by atoms with Crippen molar-refractivity contribution in [3.63, 3.8) is 0 Å². The molecule has 3 aromatic carbocycles. The molecule has 8 rings (SSSR count). The number of rotatable bonds is 15. The summed E-state index contributed by atoms with van der Waals surface area (Å²) in [5.41, 5.74) is 5.28. The van der Waals surface area contributed by atoms with Crippen molar-refractivity contribution in [3.05, 3.63) is 117 Å². The molecule has 358 valence electrons. The first-order valence-electron chi connectivity index (χ1n) is 22.6. The van der Waals surface area contributed by atoms with Gasteiger partial charge in [0.15, 0.2) is 0 Å². The van der Waals surface area contributed by atoms with E-state index >= 15 is 0 Å². The van der Waals surface area contributed by atoms with Gasteiger partial charge in [-0.3, -0.25) is 19.8 Å². The predicted octanol–water partition coefficient (Wildman–Crippen LogP) is 8.28. The smallest absolute Gasteiger partial charge is 0.293 e. The molecule has 2 fully saturated rings. The average molecular weight is 984 g/mol. The number of nitro benzene ring substituents is 1. The zero-order valence-electron chi connectivity index (χ0n) is 38.2. The van der Waals surface area contributed by atoms with E-state index < -0.39 is 41.2 Å². The molecule has 2 aromatic heterocycles. The van der Waals surface area contributed by atoms with Crippen molar-refractivity contribution in [2.24, 2.45) is 9.78 Å². The average Bonchev–Trinajstić information content (AvgIpc) is 3.78. The first kappa shape index (κ1) is 48.4. The topological polar surface area (TPSA) is 219 Å². The highest BCUT2D eigenvalue weighted by molar-refractivity contribution is 7.93. The quantitative estimate of drug-likeness (QED) is 0.0512. The van der Waals surface area contributed by atoms with Crippen LogP contribution < -0.4 is 19.7 Å². The van der Waals surface area contributed by atoms with Crippen LogP contribution in [0.1, 0.15) is 62.4 Å². The number of nitro groups is 1. The second-order valence-electron chi connectivity index (χ2n) is 18.5. The number of benzene rings is 3. The molecular formula is C48H55ClN10O7S2.